The van der Waals surface area contributed by atoms with Gasteiger partial charge in [-0.2, -0.15) is 10.3 Å². The lowest BCUT2D eigenvalue weighted by molar-refractivity contribution is -0.340. The molecule has 34 heavy (non-hydrogen) atoms. The molecular weight excluding hydrogens is 456 g/mol. The number of likely N-dealkylation sites (tertiary alicyclic amines) is 3. The predicted octanol–water partition coefficient (Wildman–Crippen LogP) is 1.31. The van der Waals surface area contributed by atoms with E-state index in [-0.39, 0.29) is 36.0 Å². The summed E-state index contributed by atoms with van der Waals surface area (Å²) in [6.07, 6.45) is 2.27. The summed E-state index contributed by atoms with van der Waals surface area (Å²) in [5, 5.41) is 10.7. The first-order valence-corrected chi connectivity index (χ1v) is 12.3. The van der Waals surface area contributed by atoms with E-state index in [0.717, 1.165) is 35.3 Å². The average Bonchev–Trinajstić information content (AvgIpc) is 3.53. The van der Waals surface area contributed by atoms with Crippen LogP contribution in [0.25, 0.3) is 0 Å². The number of hydrogen-bond donors (Lipinski definition) is 1. The summed E-state index contributed by atoms with van der Waals surface area (Å²) in [4.78, 5) is 37.4. The van der Waals surface area contributed by atoms with Crippen molar-refractivity contribution >= 4 is 23.9 Å². The van der Waals surface area contributed by atoms with Gasteiger partial charge in [-0.05, 0) is 43.9 Å². The van der Waals surface area contributed by atoms with Gasteiger partial charge < -0.3 is 15.5 Å². The first-order chi connectivity index (χ1) is 16.3. The van der Waals surface area contributed by atoms with Crippen molar-refractivity contribution in [2.75, 3.05) is 33.7 Å². The van der Waals surface area contributed by atoms with Gasteiger partial charge in [0, 0.05) is 44.7 Å². The lowest BCUT2D eigenvalue weighted by Gasteiger charge is -2.38. The molecule has 0 saturated carbocycles. The zero-order chi connectivity index (χ0) is 24.4. The van der Waals surface area contributed by atoms with Crippen molar-refractivity contribution in [1.29, 1.82) is 5.26 Å². The molecule has 10 nitrogen and oxygen atoms in total. The third-order valence-electron chi connectivity index (χ3n) is 6.84. The van der Waals surface area contributed by atoms with Crippen LogP contribution in [0.5, 0.6) is 0 Å². The molecule has 184 valence electrons. The normalized spacial score (nSPS) is 26.4. The van der Waals surface area contributed by atoms with Crippen molar-refractivity contribution in [3.05, 3.63) is 29.8 Å². The van der Waals surface area contributed by atoms with E-state index in [4.69, 9.17) is 15.1 Å². The van der Waals surface area contributed by atoms with Crippen molar-refractivity contribution in [3.63, 3.8) is 0 Å². The fourth-order valence-electron chi connectivity index (χ4n) is 5.18. The molecule has 3 heterocycles. The van der Waals surface area contributed by atoms with E-state index in [1.54, 1.807) is 19.0 Å². The molecule has 3 aliphatic rings. The second-order valence-corrected chi connectivity index (χ2v) is 10.1. The third-order valence-corrected chi connectivity index (χ3v) is 7.43. The van der Waals surface area contributed by atoms with Crippen LogP contribution in [0.2, 0.25) is 0 Å². The maximum Gasteiger partial charge on any atom is 0.241 e. The highest BCUT2D eigenvalue weighted by molar-refractivity contribution is 7.94. The van der Waals surface area contributed by atoms with Gasteiger partial charge in [0.05, 0.1) is 36.2 Å². The standard InChI is InChI=1S/C23H32N6O4S/c1-15(16-6-8-19(9-7-16)34-33-32-26(2)3)29-18-11-21(23(29)31)27(13-18)14-20(25)22(30)28-10-4-5-17(28)12-24/h6-9,15,17-18,20-21H,4-5,10-11,13-14,25H2,1-3H3/t15-,17+,18-,20+,21-/m1/s1. The monoisotopic (exact) mass is 488 g/mol. The van der Waals surface area contributed by atoms with E-state index < -0.39 is 6.04 Å². The molecule has 3 aliphatic heterocycles. The smallest absolute Gasteiger partial charge is 0.241 e. The van der Waals surface area contributed by atoms with Crippen molar-refractivity contribution in [1.82, 2.24) is 19.8 Å². The number of carbonyl (C=O) groups excluding carboxylic acids is 2. The van der Waals surface area contributed by atoms with E-state index >= 15 is 0 Å². The summed E-state index contributed by atoms with van der Waals surface area (Å²) in [5.41, 5.74) is 7.28. The first kappa shape index (κ1) is 24.9. The summed E-state index contributed by atoms with van der Waals surface area (Å²) in [6.45, 7) is 3.66. The zero-order valence-electron chi connectivity index (χ0n) is 19.8. The van der Waals surface area contributed by atoms with Crippen molar-refractivity contribution in [2.45, 2.75) is 61.3 Å². The maximum atomic E-state index is 13.2. The topological polar surface area (TPSA) is 115 Å². The number of nitriles is 1. The van der Waals surface area contributed by atoms with Gasteiger partial charge in [-0.15, -0.1) is 9.32 Å². The van der Waals surface area contributed by atoms with Gasteiger partial charge in [-0.1, -0.05) is 12.1 Å². The number of rotatable bonds is 9. The van der Waals surface area contributed by atoms with Crippen molar-refractivity contribution in [3.8, 4) is 6.07 Å². The van der Waals surface area contributed by atoms with Gasteiger partial charge in [0.1, 0.15) is 6.04 Å². The molecule has 1 aromatic rings. The Morgan fingerprint density at radius 1 is 1.35 bits per heavy atom. The van der Waals surface area contributed by atoms with Crippen LogP contribution in [0, 0.1) is 11.3 Å². The Labute approximate surface area is 204 Å². The number of benzene rings is 1. The van der Waals surface area contributed by atoms with Crippen LogP contribution in [-0.2, 0) is 18.9 Å². The van der Waals surface area contributed by atoms with Crippen LogP contribution in [0.15, 0.2) is 29.2 Å². The fraction of sp³-hybridized carbons (Fsp3) is 0.609. The molecule has 0 spiro atoms. The highest BCUT2D eigenvalue weighted by Gasteiger charge is 2.51. The molecule has 4 rings (SSSR count). The minimum Gasteiger partial charge on any atom is -0.330 e. The van der Waals surface area contributed by atoms with Crippen LogP contribution >= 0.6 is 12.0 Å². The number of nitrogens with zero attached hydrogens (tertiary/aromatic N) is 5. The minimum atomic E-state index is -0.726. The minimum absolute atomic E-state index is 0.0565. The summed E-state index contributed by atoms with van der Waals surface area (Å²) in [6, 6.07) is 8.75. The van der Waals surface area contributed by atoms with E-state index in [1.807, 2.05) is 41.0 Å². The molecule has 3 fully saturated rings. The van der Waals surface area contributed by atoms with Crippen molar-refractivity contribution < 1.29 is 18.9 Å². The van der Waals surface area contributed by atoms with E-state index in [1.165, 1.54) is 5.06 Å². The molecule has 11 heteroatoms. The Morgan fingerprint density at radius 2 is 2.09 bits per heavy atom. The Hall–Kier alpha value is -2.20. The molecule has 0 aliphatic carbocycles. The second-order valence-electron chi connectivity index (χ2n) is 9.31. The van der Waals surface area contributed by atoms with Crippen LogP contribution < -0.4 is 5.73 Å². The fourth-order valence-corrected chi connectivity index (χ4v) is 5.66. The largest absolute Gasteiger partial charge is 0.330 e. The van der Waals surface area contributed by atoms with Gasteiger partial charge in [0.15, 0.2) is 0 Å². The second kappa shape index (κ2) is 10.6. The van der Waals surface area contributed by atoms with Crippen molar-refractivity contribution in [2.24, 2.45) is 5.73 Å². The maximum absolute atomic E-state index is 13.2. The SMILES string of the molecule is C[C@H](c1ccc(SOON(C)C)cc1)N1C(=O)[C@H]2C[C@@H]1CN2C[C@H](N)C(=O)N1CCC[C@H]1C#N. The average molecular weight is 489 g/mol. The van der Waals surface area contributed by atoms with Gasteiger partial charge in [0.25, 0.3) is 0 Å². The van der Waals surface area contributed by atoms with Crippen LogP contribution in [0.1, 0.15) is 37.8 Å². The first-order valence-electron chi connectivity index (χ1n) is 11.6. The summed E-state index contributed by atoms with van der Waals surface area (Å²) in [5.74, 6) is -0.108. The van der Waals surface area contributed by atoms with Crippen LogP contribution in [0.4, 0.5) is 0 Å². The number of hydroxylamine groups is 2. The van der Waals surface area contributed by atoms with Gasteiger partial charge in [0.2, 0.25) is 11.8 Å². The van der Waals surface area contributed by atoms with Gasteiger partial charge in [-0.25, -0.2) is 0 Å². The number of hydrogen-bond acceptors (Lipinski definition) is 9. The molecule has 0 aromatic heterocycles. The highest BCUT2D eigenvalue weighted by Crippen LogP contribution is 2.38. The zero-order valence-corrected chi connectivity index (χ0v) is 20.6. The Bertz CT molecular complexity index is 938. The molecule has 2 amide bonds. The van der Waals surface area contributed by atoms with E-state index in [9.17, 15) is 14.9 Å². The van der Waals surface area contributed by atoms with Gasteiger partial charge in [-0.3, -0.25) is 14.5 Å². The van der Waals surface area contributed by atoms with Crippen LogP contribution in [-0.4, -0.2) is 89.5 Å². The lowest BCUT2D eigenvalue weighted by atomic mass is 10.1. The molecule has 0 radical (unpaired) electrons. The van der Waals surface area contributed by atoms with Crippen LogP contribution in [0.3, 0.4) is 0 Å². The molecule has 2 N–H and O–H groups in total. The Balaban J connectivity index is 1.32. The predicted molar refractivity (Wildman–Crippen MR) is 126 cm³/mol. The number of nitrogens with two attached hydrogens (primary N) is 1. The van der Waals surface area contributed by atoms with Gasteiger partial charge >= 0.3 is 0 Å². The van der Waals surface area contributed by atoms with E-state index in [2.05, 4.69) is 6.07 Å². The molecule has 2 bridgehead atoms. The summed E-state index contributed by atoms with van der Waals surface area (Å²) >= 11 is 1.12. The lowest BCUT2D eigenvalue weighted by Crippen LogP contribution is -2.56. The molecule has 5 atom stereocenters. The summed E-state index contributed by atoms with van der Waals surface area (Å²) in [7, 11) is 3.47. The Morgan fingerprint density at radius 3 is 2.74 bits per heavy atom. The number of carbonyl (C=O) groups is 2. The third kappa shape index (κ3) is 5.07. The van der Waals surface area contributed by atoms with E-state index in [0.29, 0.717) is 26.1 Å². The molecule has 0 unspecified atom stereocenters. The Kier molecular flexibility index (Phi) is 7.77. The molecular formula is C23H32N6O4S. The number of piperazine rings is 1. The highest BCUT2D eigenvalue weighted by atomic mass is 32.2. The quantitative estimate of drug-likeness (QED) is 0.312. The molecule has 3 saturated heterocycles. The molecule has 1 aromatic carbocycles. The number of fused-ring (bicyclic) bond motifs is 2. The number of amides is 2. The summed E-state index contributed by atoms with van der Waals surface area (Å²) < 4.78 is 5.06.